The van der Waals surface area contributed by atoms with Crippen molar-refractivity contribution < 1.29 is 9.90 Å². The van der Waals surface area contributed by atoms with Crippen LogP contribution in [0.15, 0.2) is 29.7 Å². The first-order chi connectivity index (χ1) is 6.70. The third-order valence-corrected chi connectivity index (χ3v) is 2.83. The molecule has 0 saturated carbocycles. The lowest BCUT2D eigenvalue weighted by Gasteiger charge is -2.09. The van der Waals surface area contributed by atoms with Gasteiger partial charge in [0.05, 0.1) is 0 Å². The highest BCUT2D eigenvalue weighted by atomic mass is 32.1. The van der Waals surface area contributed by atoms with Gasteiger partial charge in [-0.15, -0.1) is 11.3 Å². The maximum absolute atomic E-state index is 10.2. The Morgan fingerprint density at radius 3 is 3.14 bits per heavy atom. The third-order valence-electron chi connectivity index (χ3n) is 1.77. The summed E-state index contributed by atoms with van der Waals surface area (Å²) < 4.78 is 0. The average Bonchev–Trinajstić information content (AvgIpc) is 2.64. The molecule has 0 spiro atoms. The number of nitrogens with one attached hydrogen (secondary N) is 1. The van der Waals surface area contributed by atoms with Crippen LogP contribution in [0.2, 0.25) is 0 Å². The Labute approximate surface area is 87.1 Å². The molecule has 4 heteroatoms. The number of carboxylic acids is 1. The quantitative estimate of drug-likeness (QED) is 0.733. The summed E-state index contributed by atoms with van der Waals surface area (Å²) in [5, 5.41) is 13.6. The van der Waals surface area contributed by atoms with Gasteiger partial charge in [-0.25, -0.2) is 4.79 Å². The van der Waals surface area contributed by atoms with Crippen LogP contribution >= 0.6 is 11.3 Å². The molecule has 76 valence electrons. The molecular weight excluding hydrogens is 198 g/mol. The number of thiophene rings is 1. The summed E-state index contributed by atoms with van der Waals surface area (Å²) in [4.78, 5) is 11.4. The maximum atomic E-state index is 10.2. The molecular formula is C10H13NO2S. The molecule has 1 aromatic heterocycles. The van der Waals surface area contributed by atoms with Crippen LogP contribution in [0, 0.1) is 0 Å². The molecule has 0 amide bonds. The van der Waals surface area contributed by atoms with Crippen LogP contribution in [-0.4, -0.2) is 17.6 Å². The Kier molecular flexibility index (Phi) is 4.35. The SMILES string of the molecule is C[C@@H](NC/C=C/C(=O)O)c1cccs1. The zero-order chi connectivity index (χ0) is 10.4. The lowest BCUT2D eigenvalue weighted by atomic mass is 10.3. The van der Waals surface area contributed by atoms with Crippen molar-refractivity contribution in [2.75, 3.05) is 6.54 Å². The van der Waals surface area contributed by atoms with E-state index >= 15 is 0 Å². The van der Waals surface area contributed by atoms with Gasteiger partial charge in [0, 0.05) is 23.5 Å². The van der Waals surface area contributed by atoms with Gasteiger partial charge in [0.2, 0.25) is 0 Å². The van der Waals surface area contributed by atoms with Crippen molar-refractivity contribution in [3.63, 3.8) is 0 Å². The molecule has 0 aromatic carbocycles. The van der Waals surface area contributed by atoms with Crippen molar-refractivity contribution in [3.8, 4) is 0 Å². The first-order valence-corrected chi connectivity index (χ1v) is 5.24. The van der Waals surface area contributed by atoms with Crippen molar-refractivity contribution >= 4 is 17.3 Å². The lowest BCUT2D eigenvalue weighted by molar-refractivity contribution is -0.131. The van der Waals surface area contributed by atoms with Gasteiger partial charge < -0.3 is 10.4 Å². The molecule has 1 atom stereocenters. The van der Waals surface area contributed by atoms with Gasteiger partial charge in [-0.1, -0.05) is 12.1 Å². The van der Waals surface area contributed by atoms with Crippen LogP contribution in [0.5, 0.6) is 0 Å². The first-order valence-electron chi connectivity index (χ1n) is 4.36. The molecule has 0 aliphatic heterocycles. The average molecular weight is 211 g/mol. The molecule has 0 bridgehead atoms. The summed E-state index contributed by atoms with van der Waals surface area (Å²) in [5.74, 6) is -0.907. The largest absolute Gasteiger partial charge is 0.478 e. The molecule has 3 nitrogen and oxygen atoms in total. The molecule has 14 heavy (non-hydrogen) atoms. The Morgan fingerprint density at radius 2 is 2.57 bits per heavy atom. The summed E-state index contributed by atoms with van der Waals surface area (Å²) in [7, 11) is 0. The molecule has 1 heterocycles. The van der Waals surface area contributed by atoms with Gasteiger partial charge in [0.25, 0.3) is 0 Å². The van der Waals surface area contributed by atoms with Crippen LogP contribution in [0.4, 0.5) is 0 Å². The zero-order valence-corrected chi connectivity index (χ0v) is 8.75. The minimum absolute atomic E-state index is 0.272. The minimum Gasteiger partial charge on any atom is -0.478 e. The molecule has 0 radical (unpaired) electrons. The van der Waals surface area contributed by atoms with E-state index in [0.717, 1.165) is 6.08 Å². The van der Waals surface area contributed by atoms with Crippen LogP contribution < -0.4 is 5.32 Å². The second-order valence-corrected chi connectivity index (χ2v) is 3.87. The Balaban J connectivity index is 2.29. The van der Waals surface area contributed by atoms with E-state index in [1.807, 2.05) is 11.4 Å². The van der Waals surface area contributed by atoms with Gasteiger partial charge in [0.1, 0.15) is 0 Å². The van der Waals surface area contributed by atoms with Gasteiger partial charge in [-0.05, 0) is 18.4 Å². The molecule has 0 unspecified atom stereocenters. The predicted octanol–water partition coefficient (Wildman–Crippen LogP) is 2.04. The second-order valence-electron chi connectivity index (χ2n) is 2.89. The van der Waals surface area contributed by atoms with E-state index in [1.165, 1.54) is 4.88 Å². The minimum atomic E-state index is -0.907. The fourth-order valence-corrected chi connectivity index (χ4v) is 1.80. The zero-order valence-electron chi connectivity index (χ0n) is 7.93. The number of aliphatic carboxylic acids is 1. The smallest absolute Gasteiger partial charge is 0.328 e. The van der Waals surface area contributed by atoms with E-state index in [1.54, 1.807) is 17.4 Å². The van der Waals surface area contributed by atoms with E-state index in [-0.39, 0.29) is 6.04 Å². The van der Waals surface area contributed by atoms with Crippen molar-refractivity contribution in [2.45, 2.75) is 13.0 Å². The summed E-state index contributed by atoms with van der Waals surface area (Å²) in [6.45, 7) is 2.63. The Hall–Kier alpha value is -1.13. The molecule has 0 saturated heterocycles. The highest BCUT2D eigenvalue weighted by Crippen LogP contribution is 2.17. The van der Waals surface area contributed by atoms with Crippen molar-refractivity contribution in [1.29, 1.82) is 0 Å². The molecule has 0 aliphatic carbocycles. The normalized spacial score (nSPS) is 13.2. The third kappa shape index (κ3) is 3.72. The fourth-order valence-electron chi connectivity index (χ4n) is 1.04. The fraction of sp³-hybridized carbons (Fsp3) is 0.300. The van der Waals surface area contributed by atoms with Crippen molar-refractivity contribution in [2.24, 2.45) is 0 Å². The number of carbonyl (C=O) groups is 1. The van der Waals surface area contributed by atoms with Crippen LogP contribution in [-0.2, 0) is 4.79 Å². The summed E-state index contributed by atoms with van der Waals surface area (Å²) in [6.07, 6.45) is 2.75. The number of carboxylic acid groups (broad SMARTS) is 1. The molecule has 0 aliphatic rings. The second kappa shape index (κ2) is 5.57. The Morgan fingerprint density at radius 1 is 1.79 bits per heavy atom. The summed E-state index contributed by atoms with van der Waals surface area (Å²) in [5.41, 5.74) is 0. The first kappa shape index (κ1) is 10.9. The van der Waals surface area contributed by atoms with Gasteiger partial charge in [-0.3, -0.25) is 0 Å². The van der Waals surface area contributed by atoms with Gasteiger partial charge in [0.15, 0.2) is 0 Å². The van der Waals surface area contributed by atoms with E-state index in [4.69, 9.17) is 5.11 Å². The lowest BCUT2D eigenvalue weighted by Crippen LogP contribution is -2.17. The van der Waals surface area contributed by atoms with E-state index in [9.17, 15) is 4.79 Å². The van der Waals surface area contributed by atoms with Crippen LogP contribution in [0.25, 0.3) is 0 Å². The van der Waals surface area contributed by atoms with Crippen LogP contribution in [0.3, 0.4) is 0 Å². The number of hydrogen-bond acceptors (Lipinski definition) is 3. The van der Waals surface area contributed by atoms with Crippen LogP contribution in [0.1, 0.15) is 17.8 Å². The van der Waals surface area contributed by atoms with Crippen molar-refractivity contribution in [3.05, 3.63) is 34.5 Å². The number of hydrogen-bond donors (Lipinski definition) is 2. The monoisotopic (exact) mass is 211 g/mol. The van der Waals surface area contributed by atoms with E-state index in [0.29, 0.717) is 6.54 Å². The molecule has 1 rings (SSSR count). The molecule has 0 fully saturated rings. The predicted molar refractivity (Wildman–Crippen MR) is 57.5 cm³/mol. The van der Waals surface area contributed by atoms with Gasteiger partial charge >= 0.3 is 5.97 Å². The van der Waals surface area contributed by atoms with E-state index < -0.39 is 5.97 Å². The van der Waals surface area contributed by atoms with Crippen molar-refractivity contribution in [1.82, 2.24) is 5.32 Å². The number of rotatable bonds is 5. The topological polar surface area (TPSA) is 49.3 Å². The highest BCUT2D eigenvalue weighted by Gasteiger charge is 2.02. The molecule has 2 N–H and O–H groups in total. The summed E-state index contributed by atoms with van der Waals surface area (Å²) >= 11 is 1.69. The van der Waals surface area contributed by atoms with E-state index in [2.05, 4.69) is 18.3 Å². The standard InChI is InChI=1S/C10H13NO2S/c1-8(9-4-3-7-14-9)11-6-2-5-10(12)13/h2-5,7-8,11H,6H2,1H3,(H,12,13)/b5-2+/t8-/m1/s1. The highest BCUT2D eigenvalue weighted by molar-refractivity contribution is 7.10. The Bertz CT molecular complexity index is 306. The molecule has 1 aromatic rings. The summed E-state index contributed by atoms with van der Waals surface area (Å²) in [6, 6.07) is 4.34. The maximum Gasteiger partial charge on any atom is 0.328 e. The van der Waals surface area contributed by atoms with Gasteiger partial charge in [-0.2, -0.15) is 0 Å².